The summed E-state index contributed by atoms with van der Waals surface area (Å²) < 4.78 is 3.08. The minimum Gasteiger partial charge on any atom is -0.332 e. The number of nitrogens with one attached hydrogen (secondary N) is 1. The van der Waals surface area contributed by atoms with E-state index in [9.17, 15) is 0 Å². The van der Waals surface area contributed by atoms with Gasteiger partial charge in [-0.3, -0.25) is 0 Å². The molecule has 2 heteroatoms. The van der Waals surface area contributed by atoms with Crippen molar-refractivity contribution in [2.45, 2.75) is 12.8 Å². The molecule has 0 amide bonds. The van der Waals surface area contributed by atoms with Gasteiger partial charge in [0.15, 0.2) is 0 Å². The van der Waals surface area contributed by atoms with Gasteiger partial charge in [0.25, 0.3) is 0 Å². The summed E-state index contributed by atoms with van der Waals surface area (Å²) in [5, 5.41) is 0. The number of hydrogen-bond acceptors (Lipinski definition) is 1. The minimum absolute atomic E-state index is 1.17. The second-order valence-corrected chi connectivity index (χ2v) is 2.29. The van der Waals surface area contributed by atoms with Crippen LogP contribution >= 0.6 is 22.9 Å². The van der Waals surface area contributed by atoms with E-state index in [0.717, 1.165) is 0 Å². The third-order valence-electron chi connectivity index (χ3n) is 1.14. The van der Waals surface area contributed by atoms with E-state index in [2.05, 4.69) is 44.6 Å². The van der Waals surface area contributed by atoms with E-state index < -0.39 is 0 Å². The van der Waals surface area contributed by atoms with Gasteiger partial charge in [0.1, 0.15) is 0 Å². The zero-order valence-electron chi connectivity index (χ0n) is 4.52. The molecule has 8 heavy (non-hydrogen) atoms. The first kappa shape index (κ1) is 6.13. The van der Waals surface area contributed by atoms with Gasteiger partial charge in [0, 0.05) is 5.70 Å². The van der Waals surface area contributed by atoms with Gasteiger partial charge in [-0.1, -0.05) is 12.2 Å². The van der Waals surface area contributed by atoms with Crippen molar-refractivity contribution in [1.29, 1.82) is 0 Å². The Labute approximate surface area is 63.3 Å². The van der Waals surface area contributed by atoms with Gasteiger partial charge in [-0.15, -0.1) is 0 Å². The van der Waals surface area contributed by atoms with Crippen LogP contribution in [0.1, 0.15) is 12.8 Å². The summed E-state index contributed by atoms with van der Waals surface area (Å²) in [6.45, 7) is 0. The van der Waals surface area contributed by atoms with E-state index >= 15 is 0 Å². The van der Waals surface area contributed by atoms with Crippen molar-refractivity contribution in [3.63, 3.8) is 0 Å². The predicted octanol–water partition coefficient (Wildman–Crippen LogP) is 2.16. The number of rotatable bonds is 1. The fourth-order valence-corrected chi connectivity index (χ4v) is 1.13. The van der Waals surface area contributed by atoms with Crippen LogP contribution in [0.2, 0.25) is 0 Å². The average Bonchev–Trinajstić information content (AvgIpc) is 1.90. The van der Waals surface area contributed by atoms with Crippen molar-refractivity contribution in [1.82, 2.24) is 3.53 Å². The largest absolute Gasteiger partial charge is 0.332 e. The van der Waals surface area contributed by atoms with Crippen LogP contribution in [0.5, 0.6) is 0 Å². The molecule has 0 aromatic heterocycles. The summed E-state index contributed by atoms with van der Waals surface area (Å²) in [4.78, 5) is 0. The molecule has 0 aromatic rings. The van der Waals surface area contributed by atoms with Crippen molar-refractivity contribution < 1.29 is 0 Å². The molecule has 0 spiro atoms. The van der Waals surface area contributed by atoms with Gasteiger partial charge in [-0.2, -0.15) is 0 Å². The number of halogens is 1. The molecule has 0 fully saturated rings. The Kier molecular flexibility index (Phi) is 2.39. The van der Waals surface area contributed by atoms with Crippen molar-refractivity contribution in [3.05, 3.63) is 23.9 Å². The number of allylic oxidation sites excluding steroid dienone is 4. The maximum absolute atomic E-state index is 3.08. The second kappa shape index (κ2) is 3.12. The van der Waals surface area contributed by atoms with E-state index in [1.54, 1.807) is 0 Å². The molecule has 0 aromatic carbocycles. The van der Waals surface area contributed by atoms with E-state index in [0.29, 0.717) is 0 Å². The lowest BCUT2D eigenvalue weighted by Gasteiger charge is -2.04. The summed E-state index contributed by atoms with van der Waals surface area (Å²) >= 11 is 2.15. The molecular weight excluding hydrogens is 213 g/mol. The summed E-state index contributed by atoms with van der Waals surface area (Å²) in [7, 11) is 0. The fourth-order valence-electron chi connectivity index (χ4n) is 0.681. The lowest BCUT2D eigenvalue weighted by molar-refractivity contribution is 0.927. The highest BCUT2D eigenvalue weighted by Crippen LogP contribution is 2.08. The van der Waals surface area contributed by atoms with Crippen molar-refractivity contribution >= 4 is 22.9 Å². The van der Waals surface area contributed by atoms with Crippen LogP contribution in [-0.4, -0.2) is 0 Å². The molecule has 1 N–H and O–H groups in total. The molecule has 0 aliphatic heterocycles. The first-order valence-corrected chi connectivity index (χ1v) is 3.73. The lowest BCUT2D eigenvalue weighted by atomic mass is 10.1. The Balaban J connectivity index is 2.50. The van der Waals surface area contributed by atoms with Gasteiger partial charge in [0.2, 0.25) is 0 Å². The van der Waals surface area contributed by atoms with Gasteiger partial charge >= 0.3 is 0 Å². The molecule has 0 bridgehead atoms. The summed E-state index contributed by atoms with van der Waals surface area (Å²) in [5.41, 5.74) is 1.33. The predicted molar refractivity (Wildman–Crippen MR) is 43.6 cm³/mol. The Morgan fingerprint density at radius 3 is 2.88 bits per heavy atom. The zero-order valence-corrected chi connectivity index (χ0v) is 6.68. The summed E-state index contributed by atoms with van der Waals surface area (Å²) in [6.07, 6.45) is 8.72. The molecule has 1 aliphatic rings. The standard InChI is InChI=1S/C6H8IN/c7-8-6-4-2-1-3-5-6/h1-2,4,8H,3,5H2. The molecule has 0 saturated carbocycles. The van der Waals surface area contributed by atoms with E-state index in [-0.39, 0.29) is 0 Å². The average molecular weight is 221 g/mol. The van der Waals surface area contributed by atoms with Gasteiger partial charge < -0.3 is 3.53 Å². The van der Waals surface area contributed by atoms with Crippen molar-refractivity contribution in [2.24, 2.45) is 0 Å². The van der Waals surface area contributed by atoms with Gasteiger partial charge in [0.05, 0.1) is 22.9 Å². The molecule has 0 saturated heterocycles. The monoisotopic (exact) mass is 221 g/mol. The Morgan fingerprint density at radius 2 is 2.50 bits per heavy atom. The van der Waals surface area contributed by atoms with E-state index in [4.69, 9.17) is 0 Å². The highest BCUT2D eigenvalue weighted by Gasteiger charge is 1.93. The van der Waals surface area contributed by atoms with E-state index in [1.807, 2.05) is 0 Å². The molecule has 44 valence electrons. The Morgan fingerprint density at radius 1 is 1.62 bits per heavy atom. The van der Waals surface area contributed by atoms with Crippen molar-refractivity contribution in [3.8, 4) is 0 Å². The maximum Gasteiger partial charge on any atom is 0.0557 e. The third-order valence-corrected chi connectivity index (χ3v) is 1.83. The van der Waals surface area contributed by atoms with E-state index in [1.165, 1.54) is 18.5 Å². The van der Waals surface area contributed by atoms with Crippen LogP contribution in [0.3, 0.4) is 0 Å². The Bertz CT molecular complexity index is 126. The molecule has 1 rings (SSSR count). The molecule has 0 radical (unpaired) electrons. The molecule has 0 heterocycles. The highest BCUT2D eigenvalue weighted by molar-refractivity contribution is 14.1. The molecule has 1 nitrogen and oxygen atoms in total. The van der Waals surface area contributed by atoms with Crippen LogP contribution in [0.25, 0.3) is 0 Å². The first-order valence-electron chi connectivity index (χ1n) is 2.66. The third kappa shape index (κ3) is 1.51. The van der Waals surface area contributed by atoms with Gasteiger partial charge in [-0.05, 0) is 18.9 Å². The molecule has 1 aliphatic carbocycles. The fraction of sp³-hybridized carbons (Fsp3) is 0.333. The summed E-state index contributed by atoms with van der Waals surface area (Å²) in [6, 6.07) is 0. The van der Waals surface area contributed by atoms with Crippen LogP contribution in [0, 0.1) is 0 Å². The second-order valence-electron chi connectivity index (χ2n) is 1.75. The van der Waals surface area contributed by atoms with Gasteiger partial charge in [-0.25, -0.2) is 0 Å². The quantitative estimate of drug-likeness (QED) is 0.528. The van der Waals surface area contributed by atoms with Crippen LogP contribution in [0.4, 0.5) is 0 Å². The van der Waals surface area contributed by atoms with Crippen LogP contribution in [-0.2, 0) is 0 Å². The smallest absolute Gasteiger partial charge is 0.0557 e. The highest BCUT2D eigenvalue weighted by atomic mass is 127. The molecule has 0 unspecified atom stereocenters. The SMILES string of the molecule is INC1=CC=CCC1. The van der Waals surface area contributed by atoms with Crippen molar-refractivity contribution in [2.75, 3.05) is 0 Å². The maximum atomic E-state index is 3.08. The van der Waals surface area contributed by atoms with Crippen LogP contribution < -0.4 is 3.53 Å². The van der Waals surface area contributed by atoms with Crippen LogP contribution in [0.15, 0.2) is 23.9 Å². The normalized spacial score (nSPS) is 17.9. The summed E-state index contributed by atoms with van der Waals surface area (Å²) in [5.74, 6) is 0. The topological polar surface area (TPSA) is 12.0 Å². The lowest BCUT2D eigenvalue weighted by Crippen LogP contribution is -1.98. The zero-order chi connectivity index (χ0) is 5.82. The first-order chi connectivity index (χ1) is 3.93. The Hall–Kier alpha value is 0.0100. The minimum atomic E-state index is 1.17. The molecule has 0 atom stereocenters. The molecular formula is C6H8IN. The number of hydrogen-bond donors (Lipinski definition) is 1.